The zero-order chi connectivity index (χ0) is 33.4. The molecule has 0 amide bonds. The molecule has 1 aliphatic heterocycles. The van der Waals surface area contributed by atoms with Crippen LogP contribution in [0.2, 0.25) is 0 Å². The zero-order valence-electron chi connectivity index (χ0n) is 27.1. The zero-order valence-corrected chi connectivity index (χ0v) is 27.1. The molecule has 0 saturated heterocycles. The lowest BCUT2D eigenvalue weighted by Crippen LogP contribution is -2.33. The molecule has 0 spiro atoms. The topological polar surface area (TPSA) is 60.5 Å². The van der Waals surface area contributed by atoms with Crippen molar-refractivity contribution in [1.29, 1.82) is 5.26 Å². The number of hydrogen-bond donors (Lipinski definition) is 1. The Bertz CT molecular complexity index is 2630. The van der Waals surface area contributed by atoms with Gasteiger partial charge in [0.1, 0.15) is 12.0 Å². The first-order valence-corrected chi connectivity index (χ1v) is 16.7. The third kappa shape index (κ3) is 5.28. The summed E-state index contributed by atoms with van der Waals surface area (Å²) in [6, 6.07) is 61.1. The van der Waals surface area contributed by atoms with Crippen LogP contribution in [-0.2, 0) is 0 Å². The Morgan fingerprint density at radius 2 is 0.960 bits per heavy atom. The molecule has 0 bridgehead atoms. The number of nitriles is 1. The van der Waals surface area contributed by atoms with Crippen molar-refractivity contribution in [2.45, 2.75) is 6.17 Å². The van der Waals surface area contributed by atoms with Crippen molar-refractivity contribution < 1.29 is 0 Å². The van der Waals surface area contributed by atoms with Gasteiger partial charge in [0.15, 0.2) is 5.84 Å². The van der Waals surface area contributed by atoms with Crippen molar-refractivity contribution >= 4 is 44.0 Å². The van der Waals surface area contributed by atoms with Gasteiger partial charge in [0.25, 0.3) is 0 Å². The fourth-order valence-electron chi connectivity index (χ4n) is 7.06. The summed E-state index contributed by atoms with van der Waals surface area (Å²) in [5.41, 5.74) is 7.64. The van der Waals surface area contributed by atoms with Crippen LogP contribution in [0, 0.1) is 11.3 Å². The van der Waals surface area contributed by atoms with Crippen LogP contribution in [0.4, 0.5) is 0 Å². The molecule has 9 rings (SSSR count). The lowest BCUT2D eigenvalue weighted by Gasteiger charge is -2.24. The fourth-order valence-corrected chi connectivity index (χ4v) is 7.06. The highest BCUT2D eigenvalue weighted by Gasteiger charge is 2.22. The monoisotopic (exact) mass is 638 g/mol. The molecule has 1 aliphatic rings. The Balaban J connectivity index is 1.17. The second-order valence-electron chi connectivity index (χ2n) is 12.6. The summed E-state index contributed by atoms with van der Waals surface area (Å²) in [7, 11) is 0. The molecule has 0 saturated carbocycles. The van der Waals surface area contributed by atoms with Crippen LogP contribution in [-0.4, -0.2) is 11.7 Å². The van der Waals surface area contributed by atoms with Gasteiger partial charge >= 0.3 is 0 Å². The standard InChI is InChI=1S/C46H30N4/c47-29-30-25-36(35-23-24-42-40-17-8-7-15-38(40)39-16-9-10-18-41(39)43(42)28-35)27-37(26-30)46-49-44(33-13-5-2-6-14-33)48-45(50-46)34-21-19-32(20-22-34)31-11-3-1-4-12-31/h1-28,45H,(H,48,49,50). The molecule has 50 heavy (non-hydrogen) atoms. The van der Waals surface area contributed by atoms with E-state index in [2.05, 4.69) is 133 Å². The second-order valence-corrected chi connectivity index (χ2v) is 12.6. The molecule has 0 aliphatic carbocycles. The third-order valence-corrected chi connectivity index (χ3v) is 9.52. The molecule has 234 valence electrons. The molecule has 1 N–H and O–H groups in total. The van der Waals surface area contributed by atoms with Crippen molar-refractivity contribution in [3.63, 3.8) is 0 Å². The van der Waals surface area contributed by atoms with Gasteiger partial charge in [0.05, 0.1) is 11.6 Å². The van der Waals surface area contributed by atoms with E-state index < -0.39 is 0 Å². The Labute approximate surface area is 290 Å². The van der Waals surface area contributed by atoms with Crippen LogP contribution in [0.3, 0.4) is 0 Å². The van der Waals surface area contributed by atoms with E-state index >= 15 is 0 Å². The maximum absolute atomic E-state index is 10.2. The van der Waals surface area contributed by atoms with Crippen LogP contribution in [0.25, 0.3) is 54.6 Å². The number of nitrogens with one attached hydrogen (secondary N) is 1. The minimum atomic E-state index is -0.364. The number of fused-ring (bicyclic) bond motifs is 6. The van der Waals surface area contributed by atoms with Gasteiger partial charge in [0, 0.05) is 11.1 Å². The lowest BCUT2D eigenvalue weighted by atomic mass is 9.91. The van der Waals surface area contributed by atoms with E-state index in [1.807, 2.05) is 48.5 Å². The number of amidine groups is 2. The molecular weight excluding hydrogens is 609 g/mol. The second kappa shape index (κ2) is 12.3. The maximum Gasteiger partial charge on any atom is 0.159 e. The first-order valence-electron chi connectivity index (χ1n) is 16.7. The summed E-state index contributed by atoms with van der Waals surface area (Å²) in [4.78, 5) is 10.2. The average Bonchev–Trinajstić information content (AvgIpc) is 3.21. The van der Waals surface area contributed by atoms with Crippen molar-refractivity contribution in [2.24, 2.45) is 9.98 Å². The smallest absolute Gasteiger partial charge is 0.159 e. The quantitative estimate of drug-likeness (QED) is 0.191. The number of aliphatic imine (C=N–C) groups is 2. The van der Waals surface area contributed by atoms with Gasteiger partial charge in [-0.3, -0.25) is 0 Å². The molecule has 0 fully saturated rings. The van der Waals surface area contributed by atoms with Crippen molar-refractivity contribution in [3.8, 4) is 28.3 Å². The van der Waals surface area contributed by atoms with Crippen molar-refractivity contribution in [1.82, 2.24) is 5.32 Å². The van der Waals surface area contributed by atoms with Gasteiger partial charge in [0.2, 0.25) is 0 Å². The Hall–Kier alpha value is -6.83. The van der Waals surface area contributed by atoms with E-state index in [9.17, 15) is 5.26 Å². The van der Waals surface area contributed by atoms with Gasteiger partial charge in [-0.2, -0.15) is 5.26 Å². The van der Waals surface area contributed by atoms with E-state index in [1.165, 1.54) is 37.9 Å². The SMILES string of the molecule is N#Cc1cc(C2=NC(c3ccc(-c4ccccc4)cc3)NC(c3ccccc3)=N2)cc(-c2ccc3c4ccccc4c4ccccc4c3c2)c1. The van der Waals surface area contributed by atoms with Gasteiger partial charge in [-0.05, 0) is 84.4 Å². The van der Waals surface area contributed by atoms with E-state index in [4.69, 9.17) is 9.98 Å². The number of benzene rings is 8. The van der Waals surface area contributed by atoms with Crippen molar-refractivity contribution in [3.05, 3.63) is 192 Å². The van der Waals surface area contributed by atoms with Gasteiger partial charge in [-0.25, -0.2) is 9.98 Å². The largest absolute Gasteiger partial charge is 0.344 e. The minimum absolute atomic E-state index is 0.364. The first kappa shape index (κ1) is 29.3. The van der Waals surface area contributed by atoms with Crippen LogP contribution in [0.15, 0.2) is 180 Å². The van der Waals surface area contributed by atoms with E-state index in [-0.39, 0.29) is 6.17 Å². The van der Waals surface area contributed by atoms with Crippen molar-refractivity contribution in [2.75, 3.05) is 0 Å². The van der Waals surface area contributed by atoms with Gasteiger partial charge in [-0.1, -0.05) is 146 Å². The first-order chi connectivity index (χ1) is 24.7. The predicted molar refractivity (Wildman–Crippen MR) is 206 cm³/mol. The normalized spacial score (nSPS) is 14.2. The summed E-state index contributed by atoms with van der Waals surface area (Å²) in [5.74, 6) is 1.32. The van der Waals surface area contributed by atoms with E-state index in [0.717, 1.165) is 39.2 Å². The fraction of sp³-hybridized carbons (Fsp3) is 0.0217. The van der Waals surface area contributed by atoms with Crippen LogP contribution in [0.5, 0.6) is 0 Å². The summed E-state index contributed by atoms with van der Waals surface area (Å²) >= 11 is 0. The number of nitrogens with zero attached hydrogens (tertiary/aromatic N) is 3. The van der Waals surface area contributed by atoms with Crippen LogP contribution >= 0.6 is 0 Å². The molecule has 4 nitrogen and oxygen atoms in total. The van der Waals surface area contributed by atoms with E-state index in [0.29, 0.717) is 11.4 Å². The summed E-state index contributed by atoms with van der Waals surface area (Å²) in [6.45, 7) is 0. The molecule has 4 heteroatoms. The predicted octanol–water partition coefficient (Wildman–Crippen LogP) is 10.8. The van der Waals surface area contributed by atoms with Gasteiger partial charge < -0.3 is 5.32 Å². The van der Waals surface area contributed by atoms with Gasteiger partial charge in [-0.15, -0.1) is 0 Å². The molecule has 8 aromatic carbocycles. The summed E-state index contributed by atoms with van der Waals surface area (Å²) in [6.07, 6.45) is -0.364. The maximum atomic E-state index is 10.2. The Morgan fingerprint density at radius 1 is 0.440 bits per heavy atom. The van der Waals surface area contributed by atoms with Crippen LogP contribution < -0.4 is 5.32 Å². The highest BCUT2D eigenvalue weighted by molar-refractivity contribution is 6.25. The molecule has 0 aromatic heterocycles. The lowest BCUT2D eigenvalue weighted by molar-refractivity contribution is 0.674. The molecule has 1 atom stereocenters. The number of rotatable bonds is 5. The molecule has 0 radical (unpaired) electrons. The summed E-state index contributed by atoms with van der Waals surface area (Å²) < 4.78 is 0. The van der Waals surface area contributed by atoms with Crippen LogP contribution in [0.1, 0.15) is 28.4 Å². The Morgan fingerprint density at radius 3 is 1.60 bits per heavy atom. The Kier molecular flexibility index (Phi) is 7.22. The minimum Gasteiger partial charge on any atom is -0.344 e. The highest BCUT2D eigenvalue weighted by Crippen LogP contribution is 2.37. The summed E-state index contributed by atoms with van der Waals surface area (Å²) in [5, 5.41) is 21.1. The molecular formula is C46H30N4. The highest BCUT2D eigenvalue weighted by atomic mass is 15.2. The third-order valence-electron chi connectivity index (χ3n) is 9.52. The van der Waals surface area contributed by atoms with E-state index in [1.54, 1.807) is 0 Å². The average molecular weight is 639 g/mol. The molecule has 1 unspecified atom stereocenters. The number of hydrogen-bond acceptors (Lipinski definition) is 4. The molecule has 1 heterocycles. The molecule has 8 aromatic rings.